The van der Waals surface area contributed by atoms with Crippen molar-refractivity contribution in [2.45, 2.75) is 47.4 Å². The van der Waals surface area contributed by atoms with Gasteiger partial charge in [0.25, 0.3) is 0 Å². The molecule has 0 saturated carbocycles. The normalized spacial score (nSPS) is 27.3. The highest BCUT2D eigenvalue weighted by atomic mass is 79.9. The van der Waals surface area contributed by atoms with Gasteiger partial charge in [-0.05, 0) is 34.1 Å². The molecule has 2 aliphatic rings. The molecule has 2 aliphatic heterocycles. The van der Waals surface area contributed by atoms with E-state index in [-0.39, 0.29) is 24.5 Å². The minimum absolute atomic E-state index is 0.00824. The molecule has 0 spiro atoms. The van der Waals surface area contributed by atoms with E-state index in [1.165, 1.54) is 18.0 Å². The van der Waals surface area contributed by atoms with Gasteiger partial charge in [-0.2, -0.15) is 5.10 Å². The Kier molecular flexibility index (Phi) is 8.64. The summed E-state index contributed by atoms with van der Waals surface area (Å²) < 4.78 is 60.3. The van der Waals surface area contributed by atoms with Crippen molar-refractivity contribution in [3.63, 3.8) is 0 Å². The summed E-state index contributed by atoms with van der Waals surface area (Å²) in [5.41, 5.74) is -0.915. The quantitative estimate of drug-likeness (QED) is 0.150. The van der Waals surface area contributed by atoms with Gasteiger partial charge in [0.15, 0.2) is 17.5 Å². The maximum atomic E-state index is 13.9. The number of imidazole rings is 1. The smallest absolute Gasteiger partial charge is 0.194 e. The Morgan fingerprint density at radius 2 is 2.05 bits per heavy atom. The van der Waals surface area contributed by atoms with Gasteiger partial charge in [0.1, 0.15) is 54.0 Å². The minimum Gasteiger partial charge on any atom is -0.388 e. The molecule has 2 saturated heterocycles. The summed E-state index contributed by atoms with van der Waals surface area (Å²) in [7, 11) is 0. The number of aromatic amines is 1. The van der Waals surface area contributed by atoms with E-state index >= 15 is 0 Å². The Morgan fingerprint density at radius 1 is 1.26 bits per heavy atom. The van der Waals surface area contributed by atoms with Crippen molar-refractivity contribution >= 4 is 39.6 Å². The van der Waals surface area contributed by atoms with Gasteiger partial charge in [-0.25, -0.2) is 18.2 Å². The van der Waals surface area contributed by atoms with Crippen LogP contribution in [0.2, 0.25) is 0 Å². The van der Waals surface area contributed by atoms with Crippen LogP contribution >= 0.6 is 27.7 Å². The number of benzene rings is 1. The molecule has 4 unspecified atom stereocenters. The summed E-state index contributed by atoms with van der Waals surface area (Å²) in [4.78, 5) is 16.7. The van der Waals surface area contributed by atoms with Gasteiger partial charge in [-0.3, -0.25) is 9.98 Å². The molecule has 0 amide bonds. The van der Waals surface area contributed by atoms with Gasteiger partial charge in [0, 0.05) is 45.9 Å². The SMILES string of the molecule is N/N=C(\C=NC1C(OCc2ncc[nH]2)[C@@H](Sc2cncc(Br)c2)OC2C(O)CO[C@H]12)c1cc(F)c(F)c(F)c1. The van der Waals surface area contributed by atoms with Crippen LogP contribution in [-0.2, 0) is 20.8 Å². The Morgan fingerprint density at radius 3 is 2.74 bits per heavy atom. The zero-order valence-electron chi connectivity index (χ0n) is 20.0. The summed E-state index contributed by atoms with van der Waals surface area (Å²) >= 11 is 4.72. The largest absolute Gasteiger partial charge is 0.388 e. The molecular formula is C24H22BrF3N6O4S. The van der Waals surface area contributed by atoms with E-state index < -0.39 is 53.3 Å². The number of hydrazone groups is 1. The molecule has 0 aliphatic carbocycles. The highest BCUT2D eigenvalue weighted by molar-refractivity contribution is 9.10. The second-order valence-corrected chi connectivity index (χ2v) is 10.7. The molecule has 2 fully saturated rings. The molecule has 0 bridgehead atoms. The number of aromatic nitrogens is 3. The number of hydrogen-bond acceptors (Lipinski definition) is 10. The fourth-order valence-corrected chi connectivity index (χ4v) is 5.95. The molecule has 3 aromatic rings. The van der Waals surface area contributed by atoms with E-state index in [2.05, 4.69) is 41.0 Å². The number of aliphatic hydroxyl groups is 1. The first-order chi connectivity index (χ1) is 18.8. The van der Waals surface area contributed by atoms with Crippen molar-refractivity contribution in [2.24, 2.45) is 15.9 Å². The van der Waals surface area contributed by atoms with Crippen LogP contribution in [0.5, 0.6) is 0 Å². The number of aliphatic hydroxyl groups excluding tert-OH is 1. The maximum absolute atomic E-state index is 13.9. The van der Waals surface area contributed by atoms with E-state index in [1.54, 1.807) is 24.8 Å². The van der Waals surface area contributed by atoms with Crippen molar-refractivity contribution in [3.05, 3.63) is 76.3 Å². The van der Waals surface area contributed by atoms with Crippen LogP contribution in [0, 0.1) is 17.5 Å². The van der Waals surface area contributed by atoms with Gasteiger partial charge in [-0.15, -0.1) is 0 Å². The van der Waals surface area contributed by atoms with Crippen LogP contribution in [0.1, 0.15) is 11.4 Å². The third-order valence-electron chi connectivity index (χ3n) is 6.08. The number of halogens is 4. The third-order valence-corrected chi connectivity index (χ3v) is 7.62. The first-order valence-corrected chi connectivity index (χ1v) is 13.3. The van der Waals surface area contributed by atoms with Crippen LogP contribution in [0.25, 0.3) is 0 Å². The summed E-state index contributed by atoms with van der Waals surface area (Å²) in [6, 6.07) is 2.61. The molecule has 6 atom stereocenters. The van der Waals surface area contributed by atoms with Crippen LogP contribution in [0.3, 0.4) is 0 Å². The van der Waals surface area contributed by atoms with Gasteiger partial charge in [-0.1, -0.05) is 11.8 Å². The molecule has 0 radical (unpaired) electrons. The van der Waals surface area contributed by atoms with E-state index in [9.17, 15) is 18.3 Å². The number of thioether (sulfide) groups is 1. The van der Waals surface area contributed by atoms with Crippen molar-refractivity contribution < 1.29 is 32.5 Å². The van der Waals surface area contributed by atoms with Crippen molar-refractivity contribution in [2.75, 3.05) is 6.61 Å². The topological polar surface area (TPSA) is 140 Å². The zero-order chi connectivity index (χ0) is 27.5. The highest BCUT2D eigenvalue weighted by Crippen LogP contribution is 2.40. The van der Waals surface area contributed by atoms with Crippen LogP contribution < -0.4 is 5.84 Å². The van der Waals surface area contributed by atoms with Gasteiger partial charge in [0.2, 0.25) is 0 Å². The summed E-state index contributed by atoms with van der Waals surface area (Å²) in [5, 5.41) is 14.2. The summed E-state index contributed by atoms with van der Waals surface area (Å²) in [6.45, 7) is 0.0846. The average molecular weight is 627 g/mol. The number of pyridine rings is 1. The molecule has 206 valence electrons. The van der Waals surface area contributed by atoms with E-state index in [0.29, 0.717) is 5.82 Å². The predicted octanol–water partition coefficient (Wildman–Crippen LogP) is 2.95. The van der Waals surface area contributed by atoms with Gasteiger partial charge >= 0.3 is 0 Å². The van der Waals surface area contributed by atoms with Crippen LogP contribution in [-0.4, -0.2) is 74.5 Å². The second kappa shape index (κ2) is 12.1. The molecule has 4 heterocycles. The molecule has 4 N–H and O–H groups in total. The number of hydrogen-bond donors (Lipinski definition) is 3. The fourth-order valence-electron chi connectivity index (χ4n) is 4.29. The Balaban J connectivity index is 1.49. The van der Waals surface area contributed by atoms with Gasteiger partial charge in [0.05, 0.1) is 6.61 Å². The number of fused-ring (bicyclic) bond motifs is 1. The molecule has 2 aromatic heterocycles. The number of rotatable bonds is 8. The second-order valence-electron chi connectivity index (χ2n) is 8.64. The van der Waals surface area contributed by atoms with Crippen molar-refractivity contribution in [1.82, 2.24) is 15.0 Å². The van der Waals surface area contributed by atoms with E-state index in [0.717, 1.165) is 21.5 Å². The van der Waals surface area contributed by atoms with Crippen LogP contribution in [0.15, 0.2) is 62.4 Å². The average Bonchev–Trinajstić information content (AvgIpc) is 3.56. The molecular weight excluding hydrogens is 605 g/mol. The summed E-state index contributed by atoms with van der Waals surface area (Å²) in [6.07, 6.45) is 4.59. The lowest BCUT2D eigenvalue weighted by molar-refractivity contribution is -0.162. The first kappa shape index (κ1) is 27.7. The van der Waals surface area contributed by atoms with Crippen LogP contribution in [0.4, 0.5) is 13.2 Å². The molecule has 10 nitrogen and oxygen atoms in total. The molecule has 15 heteroatoms. The number of H-pyrrole nitrogens is 1. The van der Waals surface area contributed by atoms with Crippen molar-refractivity contribution in [1.29, 1.82) is 0 Å². The Labute approximate surface area is 233 Å². The number of nitrogens with zero attached hydrogens (tertiary/aromatic N) is 4. The first-order valence-electron chi connectivity index (χ1n) is 11.6. The van der Waals surface area contributed by atoms with E-state index in [1.807, 2.05) is 6.07 Å². The molecule has 5 rings (SSSR count). The minimum atomic E-state index is -1.61. The number of nitrogens with one attached hydrogen (secondary N) is 1. The summed E-state index contributed by atoms with van der Waals surface area (Å²) in [5.74, 6) is 1.65. The molecule has 39 heavy (non-hydrogen) atoms. The number of aliphatic imine (C=N–C) groups is 1. The van der Waals surface area contributed by atoms with E-state index in [4.69, 9.17) is 20.1 Å². The lowest BCUT2D eigenvalue weighted by Crippen LogP contribution is -2.57. The third kappa shape index (κ3) is 6.18. The predicted molar refractivity (Wildman–Crippen MR) is 139 cm³/mol. The highest BCUT2D eigenvalue weighted by Gasteiger charge is 2.53. The van der Waals surface area contributed by atoms with Gasteiger partial charge < -0.3 is 30.1 Å². The van der Waals surface area contributed by atoms with Crippen molar-refractivity contribution in [3.8, 4) is 0 Å². The fraction of sp³-hybridized carbons (Fsp3) is 0.333. The molecule has 1 aromatic carbocycles. The number of nitrogens with two attached hydrogens (primary N) is 1. The standard InChI is InChI=1S/C24H22BrF3N6O4S/c25-12-5-13(7-30-6-12)39-24-23(37-10-18-31-1-2-32-18)20(22-21(38-24)17(35)9-36-22)33-8-16(34-29)11-3-14(26)19(28)15(27)4-11/h1-8,17,20-24,35H,9-10,29H2,(H,31,32)/b33-8?,34-16+/t17?,20?,21?,22-,23?,24-/m1/s1. The Bertz CT molecular complexity index is 1340. The zero-order valence-corrected chi connectivity index (χ0v) is 22.4. The number of ether oxygens (including phenoxy) is 3. The maximum Gasteiger partial charge on any atom is 0.194 e. The Hall–Kier alpha value is -2.82. The lowest BCUT2D eigenvalue weighted by atomic mass is 9.96. The monoisotopic (exact) mass is 626 g/mol. The lowest BCUT2D eigenvalue weighted by Gasteiger charge is -2.42.